The fraction of sp³-hybridized carbons (Fsp3) is 0.250. The number of aromatic nitrogens is 2. The Kier molecular flexibility index (Phi) is 6.17. The van der Waals surface area contributed by atoms with Gasteiger partial charge >= 0.3 is 0 Å². The molecule has 28 heavy (non-hydrogen) atoms. The second kappa shape index (κ2) is 8.43. The Morgan fingerprint density at radius 1 is 1.25 bits per heavy atom. The minimum atomic E-state index is -1.16. The Morgan fingerprint density at radius 2 is 2.04 bits per heavy atom. The fourth-order valence-electron chi connectivity index (χ4n) is 2.72. The molecule has 0 spiro atoms. The topological polar surface area (TPSA) is 73.3 Å². The van der Waals surface area contributed by atoms with Crippen molar-refractivity contribution in [2.45, 2.75) is 25.7 Å². The van der Waals surface area contributed by atoms with Gasteiger partial charge in [0.05, 0.1) is 21.8 Å². The van der Waals surface area contributed by atoms with E-state index in [0.717, 1.165) is 15.6 Å². The van der Waals surface area contributed by atoms with Gasteiger partial charge in [0.2, 0.25) is 0 Å². The standard InChI is InChI=1S/C20H19BrClN3O3/c1-20(2,16-6-4-5-7-23-16)25-18(26)19(27-3)28-14-9-12-8-13(21)11-24-17(12)15(22)10-14/h4-11,19H,1-3H3,(H,25,26). The van der Waals surface area contributed by atoms with Crippen LogP contribution in [0, 0.1) is 0 Å². The lowest BCUT2D eigenvalue weighted by Gasteiger charge is -2.28. The third kappa shape index (κ3) is 4.60. The molecule has 1 unspecified atom stereocenters. The van der Waals surface area contributed by atoms with Gasteiger partial charge in [-0.2, -0.15) is 0 Å². The van der Waals surface area contributed by atoms with E-state index in [4.69, 9.17) is 21.1 Å². The second-order valence-corrected chi connectivity index (χ2v) is 7.97. The molecule has 0 bridgehead atoms. The normalized spacial score (nSPS) is 12.6. The number of halogens is 2. The minimum absolute atomic E-state index is 0.398. The first-order valence-electron chi connectivity index (χ1n) is 8.48. The van der Waals surface area contributed by atoms with Crippen molar-refractivity contribution in [2.75, 3.05) is 7.11 Å². The van der Waals surface area contributed by atoms with Gasteiger partial charge in [0.15, 0.2) is 0 Å². The van der Waals surface area contributed by atoms with E-state index in [1.165, 1.54) is 7.11 Å². The predicted octanol–water partition coefficient (Wildman–Crippen LogP) is 4.45. The summed E-state index contributed by atoms with van der Waals surface area (Å²) in [5.74, 6) is -0.0308. The number of rotatable bonds is 6. The third-order valence-electron chi connectivity index (χ3n) is 4.09. The number of nitrogens with zero attached hydrogens (tertiary/aromatic N) is 2. The Balaban J connectivity index is 1.80. The molecule has 0 saturated carbocycles. The molecule has 2 aromatic heterocycles. The highest BCUT2D eigenvalue weighted by Gasteiger charge is 2.29. The molecule has 3 rings (SSSR count). The van der Waals surface area contributed by atoms with Crippen LogP contribution in [0.25, 0.3) is 10.9 Å². The number of hydrogen-bond donors (Lipinski definition) is 1. The first-order valence-corrected chi connectivity index (χ1v) is 9.65. The maximum atomic E-state index is 12.7. The van der Waals surface area contributed by atoms with Gasteiger partial charge in [0.25, 0.3) is 12.2 Å². The average Bonchev–Trinajstić information content (AvgIpc) is 2.66. The summed E-state index contributed by atoms with van der Waals surface area (Å²) in [6.45, 7) is 3.71. The number of carbonyl (C=O) groups excluding carboxylic acids is 1. The van der Waals surface area contributed by atoms with Crippen LogP contribution in [0.4, 0.5) is 0 Å². The minimum Gasteiger partial charge on any atom is -0.455 e. The predicted molar refractivity (Wildman–Crippen MR) is 111 cm³/mol. The lowest BCUT2D eigenvalue weighted by atomic mass is 10.00. The van der Waals surface area contributed by atoms with Gasteiger partial charge in [-0.3, -0.25) is 14.8 Å². The molecule has 0 aliphatic carbocycles. The zero-order chi connectivity index (χ0) is 20.3. The largest absolute Gasteiger partial charge is 0.455 e. The Labute approximate surface area is 176 Å². The number of benzene rings is 1. The molecule has 1 N–H and O–H groups in total. The molecule has 1 atom stereocenters. The molecular formula is C20H19BrClN3O3. The van der Waals surface area contributed by atoms with Gasteiger partial charge in [0, 0.05) is 35.4 Å². The number of ether oxygens (including phenoxy) is 2. The van der Waals surface area contributed by atoms with Crippen molar-refractivity contribution in [1.29, 1.82) is 0 Å². The van der Waals surface area contributed by atoms with Gasteiger partial charge in [-0.15, -0.1) is 0 Å². The number of fused-ring (bicyclic) bond motifs is 1. The molecule has 3 aromatic rings. The van der Waals surface area contributed by atoms with E-state index in [0.29, 0.717) is 16.3 Å². The summed E-state index contributed by atoms with van der Waals surface area (Å²) in [6, 6.07) is 10.8. The van der Waals surface area contributed by atoms with Crippen molar-refractivity contribution in [3.63, 3.8) is 0 Å². The van der Waals surface area contributed by atoms with Crippen molar-refractivity contribution in [3.05, 3.63) is 64.0 Å². The number of amides is 1. The lowest BCUT2D eigenvalue weighted by Crippen LogP contribution is -2.48. The first-order chi connectivity index (χ1) is 13.3. The zero-order valence-electron chi connectivity index (χ0n) is 15.6. The summed E-state index contributed by atoms with van der Waals surface area (Å²) in [5.41, 5.74) is 0.670. The number of pyridine rings is 2. The van der Waals surface area contributed by atoms with Crippen LogP contribution in [0.3, 0.4) is 0 Å². The molecule has 6 nitrogen and oxygen atoms in total. The van der Waals surface area contributed by atoms with Gasteiger partial charge < -0.3 is 14.8 Å². The van der Waals surface area contributed by atoms with E-state index in [2.05, 4.69) is 31.2 Å². The van der Waals surface area contributed by atoms with Crippen LogP contribution in [0.2, 0.25) is 5.02 Å². The van der Waals surface area contributed by atoms with Crippen molar-refractivity contribution < 1.29 is 14.3 Å². The van der Waals surface area contributed by atoms with Gasteiger partial charge in [-0.05, 0) is 54.0 Å². The molecule has 0 radical (unpaired) electrons. The third-order valence-corrected chi connectivity index (χ3v) is 4.81. The van der Waals surface area contributed by atoms with E-state index in [1.54, 1.807) is 24.5 Å². The van der Waals surface area contributed by atoms with Crippen LogP contribution in [-0.2, 0) is 15.1 Å². The number of carbonyl (C=O) groups is 1. The summed E-state index contributed by atoms with van der Waals surface area (Å²) in [7, 11) is 1.40. The van der Waals surface area contributed by atoms with E-state index in [9.17, 15) is 4.79 Å². The molecule has 8 heteroatoms. The molecular weight excluding hydrogens is 446 g/mol. The van der Waals surface area contributed by atoms with Gasteiger partial charge in [-0.25, -0.2) is 0 Å². The van der Waals surface area contributed by atoms with Crippen LogP contribution in [0.1, 0.15) is 19.5 Å². The Hall–Kier alpha value is -2.22. The molecule has 146 valence electrons. The van der Waals surface area contributed by atoms with Crippen molar-refractivity contribution >= 4 is 44.3 Å². The van der Waals surface area contributed by atoms with Crippen LogP contribution in [-0.4, -0.2) is 29.3 Å². The van der Waals surface area contributed by atoms with Crippen LogP contribution < -0.4 is 10.1 Å². The van der Waals surface area contributed by atoms with Crippen LogP contribution >= 0.6 is 27.5 Å². The van der Waals surface area contributed by atoms with Crippen molar-refractivity contribution in [1.82, 2.24) is 15.3 Å². The first kappa shape index (κ1) is 20.5. The Bertz CT molecular complexity index is 999. The monoisotopic (exact) mass is 463 g/mol. The molecule has 0 aliphatic heterocycles. The van der Waals surface area contributed by atoms with E-state index >= 15 is 0 Å². The van der Waals surface area contributed by atoms with Gasteiger partial charge in [-0.1, -0.05) is 17.7 Å². The van der Waals surface area contributed by atoms with Crippen LogP contribution in [0.5, 0.6) is 5.75 Å². The molecule has 1 amide bonds. The smallest absolute Gasteiger partial charge is 0.290 e. The summed E-state index contributed by atoms with van der Waals surface area (Å²) in [5, 5.41) is 4.10. The number of hydrogen-bond acceptors (Lipinski definition) is 5. The summed E-state index contributed by atoms with van der Waals surface area (Å²) >= 11 is 9.68. The Morgan fingerprint density at radius 3 is 2.71 bits per heavy atom. The van der Waals surface area contributed by atoms with Crippen LogP contribution in [0.15, 0.2) is 53.3 Å². The van der Waals surface area contributed by atoms with E-state index in [1.807, 2.05) is 38.1 Å². The quantitative estimate of drug-likeness (QED) is 0.546. The lowest BCUT2D eigenvalue weighted by molar-refractivity contribution is -0.150. The average molecular weight is 465 g/mol. The molecule has 0 saturated heterocycles. The molecule has 1 aromatic carbocycles. The van der Waals surface area contributed by atoms with Crippen molar-refractivity contribution in [2.24, 2.45) is 0 Å². The molecule has 0 aliphatic rings. The fourth-order valence-corrected chi connectivity index (χ4v) is 3.33. The van der Waals surface area contributed by atoms with E-state index in [-0.39, 0.29) is 0 Å². The van der Waals surface area contributed by atoms with E-state index < -0.39 is 17.7 Å². The maximum absolute atomic E-state index is 12.7. The van der Waals surface area contributed by atoms with Crippen molar-refractivity contribution in [3.8, 4) is 5.75 Å². The maximum Gasteiger partial charge on any atom is 0.290 e. The van der Waals surface area contributed by atoms with Gasteiger partial charge in [0.1, 0.15) is 5.75 Å². The molecule has 0 fully saturated rings. The number of methoxy groups -OCH3 is 1. The summed E-state index contributed by atoms with van der Waals surface area (Å²) in [6.07, 6.45) is 2.19. The zero-order valence-corrected chi connectivity index (χ0v) is 17.9. The molecule has 2 heterocycles. The SMILES string of the molecule is COC(Oc1cc(Cl)c2ncc(Br)cc2c1)C(=O)NC(C)(C)c1ccccn1. The second-order valence-electron chi connectivity index (χ2n) is 6.65. The highest BCUT2D eigenvalue weighted by molar-refractivity contribution is 9.10. The highest BCUT2D eigenvalue weighted by atomic mass is 79.9. The summed E-state index contributed by atoms with van der Waals surface area (Å²) < 4.78 is 11.8. The summed E-state index contributed by atoms with van der Waals surface area (Å²) in [4.78, 5) is 21.3. The highest BCUT2D eigenvalue weighted by Crippen LogP contribution is 2.30. The number of nitrogens with one attached hydrogen (secondary N) is 1.